The third kappa shape index (κ3) is 5.41. The van der Waals surface area contributed by atoms with Gasteiger partial charge in [0.15, 0.2) is 0 Å². The SMILES string of the molecule is CCC1OCCC1CNCCSC(F)(F)F. The van der Waals surface area contributed by atoms with E-state index in [1.807, 2.05) is 0 Å². The summed E-state index contributed by atoms with van der Waals surface area (Å²) in [6.07, 6.45) is 2.27. The van der Waals surface area contributed by atoms with Crippen molar-refractivity contribution in [1.29, 1.82) is 0 Å². The highest BCUT2D eigenvalue weighted by atomic mass is 32.2. The van der Waals surface area contributed by atoms with Gasteiger partial charge in [-0.25, -0.2) is 0 Å². The predicted octanol–water partition coefficient (Wildman–Crippen LogP) is 2.64. The Kier molecular flexibility index (Phi) is 5.92. The van der Waals surface area contributed by atoms with E-state index in [0.717, 1.165) is 26.0 Å². The second-order valence-corrected chi connectivity index (χ2v) is 5.02. The third-order valence-corrected chi connectivity index (χ3v) is 3.44. The van der Waals surface area contributed by atoms with E-state index in [4.69, 9.17) is 4.74 Å². The number of ether oxygens (including phenoxy) is 1. The molecule has 1 N–H and O–H groups in total. The van der Waals surface area contributed by atoms with Gasteiger partial charge in [0.25, 0.3) is 0 Å². The Bertz CT molecular complexity index is 201. The van der Waals surface area contributed by atoms with Gasteiger partial charge in [0.2, 0.25) is 0 Å². The van der Waals surface area contributed by atoms with Crippen LogP contribution in [0.15, 0.2) is 0 Å². The molecule has 0 amide bonds. The number of nitrogens with one attached hydrogen (secondary N) is 1. The van der Waals surface area contributed by atoms with Gasteiger partial charge in [0.1, 0.15) is 0 Å². The van der Waals surface area contributed by atoms with Gasteiger partial charge in [-0.05, 0) is 30.5 Å². The predicted molar refractivity (Wildman–Crippen MR) is 59.5 cm³/mol. The van der Waals surface area contributed by atoms with Crippen LogP contribution in [0.4, 0.5) is 13.2 Å². The van der Waals surface area contributed by atoms with Gasteiger partial charge in [-0.2, -0.15) is 13.2 Å². The molecule has 1 aliphatic rings. The number of halogens is 3. The zero-order valence-corrected chi connectivity index (χ0v) is 10.2. The summed E-state index contributed by atoms with van der Waals surface area (Å²) in [5.74, 6) is 0.536. The molecule has 2 atom stereocenters. The van der Waals surface area contributed by atoms with Gasteiger partial charge in [-0.3, -0.25) is 0 Å². The summed E-state index contributed by atoms with van der Waals surface area (Å²) in [6.45, 7) is 4.01. The van der Waals surface area contributed by atoms with Crippen molar-refractivity contribution in [3.63, 3.8) is 0 Å². The normalized spacial score (nSPS) is 26.2. The molecule has 6 heteroatoms. The molecular formula is C10H18F3NOS. The molecule has 2 nitrogen and oxygen atoms in total. The molecule has 16 heavy (non-hydrogen) atoms. The topological polar surface area (TPSA) is 21.3 Å². The van der Waals surface area contributed by atoms with Crippen molar-refractivity contribution < 1.29 is 17.9 Å². The van der Waals surface area contributed by atoms with E-state index >= 15 is 0 Å². The van der Waals surface area contributed by atoms with Crippen LogP contribution in [0, 0.1) is 5.92 Å². The molecule has 0 saturated carbocycles. The minimum Gasteiger partial charge on any atom is -0.378 e. The molecule has 0 aromatic carbocycles. The van der Waals surface area contributed by atoms with Gasteiger partial charge in [0, 0.05) is 25.4 Å². The summed E-state index contributed by atoms with van der Waals surface area (Å²) < 4.78 is 40.9. The molecule has 1 saturated heterocycles. The Morgan fingerprint density at radius 1 is 1.44 bits per heavy atom. The minimum atomic E-state index is -4.11. The fourth-order valence-electron chi connectivity index (χ4n) is 1.90. The molecule has 0 radical (unpaired) electrons. The maximum absolute atomic E-state index is 11.8. The fraction of sp³-hybridized carbons (Fsp3) is 1.00. The Balaban J connectivity index is 2.03. The third-order valence-electron chi connectivity index (χ3n) is 2.70. The van der Waals surface area contributed by atoms with E-state index in [9.17, 15) is 13.2 Å². The van der Waals surface area contributed by atoms with E-state index in [0.29, 0.717) is 12.5 Å². The lowest BCUT2D eigenvalue weighted by molar-refractivity contribution is -0.0327. The van der Waals surface area contributed by atoms with E-state index in [1.54, 1.807) is 0 Å². The van der Waals surface area contributed by atoms with Crippen LogP contribution >= 0.6 is 11.8 Å². The van der Waals surface area contributed by atoms with Crippen molar-refractivity contribution in [3.05, 3.63) is 0 Å². The van der Waals surface area contributed by atoms with Crippen LogP contribution in [0.2, 0.25) is 0 Å². The fourth-order valence-corrected chi connectivity index (χ4v) is 2.38. The van der Waals surface area contributed by atoms with E-state index < -0.39 is 5.51 Å². The van der Waals surface area contributed by atoms with Crippen molar-refractivity contribution in [1.82, 2.24) is 5.32 Å². The Morgan fingerprint density at radius 2 is 2.19 bits per heavy atom. The van der Waals surface area contributed by atoms with Crippen LogP contribution in [0.1, 0.15) is 19.8 Å². The van der Waals surface area contributed by atoms with E-state index in [1.165, 1.54) is 0 Å². The lowest BCUT2D eigenvalue weighted by Gasteiger charge is -2.17. The summed E-state index contributed by atoms with van der Waals surface area (Å²) in [5, 5.41) is 3.06. The molecule has 1 aliphatic heterocycles. The first kappa shape index (κ1) is 14.1. The summed E-state index contributed by atoms with van der Waals surface area (Å²) in [5.41, 5.74) is -4.11. The molecule has 1 heterocycles. The second-order valence-electron chi connectivity index (χ2n) is 3.86. The van der Waals surface area contributed by atoms with Crippen LogP contribution in [0.5, 0.6) is 0 Å². The van der Waals surface area contributed by atoms with Crippen molar-refractivity contribution in [2.24, 2.45) is 5.92 Å². The minimum absolute atomic E-state index is 0.0289. The molecule has 1 fully saturated rings. The Morgan fingerprint density at radius 3 is 2.81 bits per heavy atom. The zero-order chi connectivity index (χ0) is 12.0. The summed E-state index contributed by atoms with van der Waals surface area (Å²) >= 11 is 0.0289. The van der Waals surface area contributed by atoms with Crippen molar-refractivity contribution in [2.75, 3.05) is 25.4 Å². The largest absolute Gasteiger partial charge is 0.441 e. The average Bonchev–Trinajstić information content (AvgIpc) is 2.63. The summed E-state index contributed by atoms with van der Waals surface area (Å²) in [4.78, 5) is 0. The molecule has 0 aromatic rings. The number of rotatable bonds is 6. The monoisotopic (exact) mass is 257 g/mol. The molecule has 0 spiro atoms. The van der Waals surface area contributed by atoms with Crippen molar-refractivity contribution in [2.45, 2.75) is 31.4 Å². The smallest absolute Gasteiger partial charge is 0.378 e. The number of alkyl halides is 3. The number of hydrogen-bond acceptors (Lipinski definition) is 3. The molecule has 0 aromatic heterocycles. The molecule has 2 unspecified atom stereocenters. The highest BCUT2D eigenvalue weighted by Gasteiger charge is 2.28. The lowest BCUT2D eigenvalue weighted by atomic mass is 10.00. The highest BCUT2D eigenvalue weighted by Crippen LogP contribution is 2.29. The van der Waals surface area contributed by atoms with Gasteiger partial charge in [-0.15, -0.1) is 0 Å². The van der Waals surface area contributed by atoms with Crippen LogP contribution in [-0.4, -0.2) is 37.1 Å². The second kappa shape index (κ2) is 6.71. The first-order valence-electron chi connectivity index (χ1n) is 5.56. The Labute approximate surface area is 98.3 Å². The highest BCUT2D eigenvalue weighted by molar-refractivity contribution is 8.00. The zero-order valence-electron chi connectivity index (χ0n) is 9.35. The molecule has 0 bridgehead atoms. The molecule has 96 valence electrons. The van der Waals surface area contributed by atoms with Gasteiger partial charge < -0.3 is 10.1 Å². The maximum atomic E-state index is 11.8. The van der Waals surface area contributed by atoms with Crippen LogP contribution in [0.3, 0.4) is 0 Å². The van der Waals surface area contributed by atoms with Gasteiger partial charge in [-0.1, -0.05) is 6.92 Å². The summed E-state index contributed by atoms with van der Waals surface area (Å²) in [6, 6.07) is 0. The van der Waals surface area contributed by atoms with Crippen LogP contribution in [0.25, 0.3) is 0 Å². The molecule has 1 rings (SSSR count). The Hall–Kier alpha value is 0.0600. The van der Waals surface area contributed by atoms with Crippen LogP contribution < -0.4 is 5.32 Å². The van der Waals surface area contributed by atoms with Gasteiger partial charge in [0.05, 0.1) is 6.10 Å². The summed E-state index contributed by atoms with van der Waals surface area (Å²) in [7, 11) is 0. The standard InChI is InChI=1S/C10H18F3NOS/c1-2-9-8(3-5-15-9)7-14-4-6-16-10(11,12)13/h8-9,14H,2-7H2,1H3. The van der Waals surface area contributed by atoms with Crippen molar-refractivity contribution in [3.8, 4) is 0 Å². The quantitative estimate of drug-likeness (QED) is 0.739. The molecular weight excluding hydrogens is 239 g/mol. The number of thioether (sulfide) groups is 1. The molecule has 0 aliphatic carbocycles. The van der Waals surface area contributed by atoms with Crippen LogP contribution in [-0.2, 0) is 4.74 Å². The number of hydrogen-bond donors (Lipinski definition) is 1. The van der Waals surface area contributed by atoms with E-state index in [2.05, 4.69) is 12.2 Å². The lowest BCUT2D eigenvalue weighted by Crippen LogP contribution is -2.30. The van der Waals surface area contributed by atoms with E-state index in [-0.39, 0.29) is 23.6 Å². The van der Waals surface area contributed by atoms with Gasteiger partial charge >= 0.3 is 5.51 Å². The van der Waals surface area contributed by atoms with Crippen molar-refractivity contribution >= 4 is 11.8 Å². The maximum Gasteiger partial charge on any atom is 0.441 e. The average molecular weight is 257 g/mol. The first-order chi connectivity index (χ1) is 7.53. The first-order valence-corrected chi connectivity index (χ1v) is 6.54.